The molecule has 0 N–H and O–H groups in total. The van der Waals surface area contributed by atoms with Crippen molar-refractivity contribution in [2.24, 2.45) is 0 Å². The first-order valence-corrected chi connectivity index (χ1v) is 6.63. The van der Waals surface area contributed by atoms with Crippen LogP contribution in [-0.4, -0.2) is 5.60 Å². The minimum atomic E-state index is -0.303. The highest BCUT2D eigenvalue weighted by molar-refractivity contribution is 5.86. The third-order valence-corrected chi connectivity index (χ3v) is 3.87. The smallest absolute Gasteiger partial charge is 0.336 e. The maximum atomic E-state index is 11.5. The van der Waals surface area contributed by atoms with E-state index in [-0.39, 0.29) is 11.2 Å². The maximum Gasteiger partial charge on any atom is 0.336 e. The predicted molar refractivity (Wildman–Crippen MR) is 75.0 cm³/mol. The lowest BCUT2D eigenvalue weighted by Crippen LogP contribution is -2.33. The number of hydrogen-bond donors (Lipinski definition) is 0. The van der Waals surface area contributed by atoms with Crippen molar-refractivity contribution in [3.63, 3.8) is 0 Å². The fourth-order valence-electron chi connectivity index (χ4n) is 2.75. The molecular formula is C16H18O3. The van der Waals surface area contributed by atoms with Crippen LogP contribution in [0.2, 0.25) is 0 Å². The van der Waals surface area contributed by atoms with E-state index >= 15 is 0 Å². The first kappa shape index (κ1) is 12.3. The van der Waals surface area contributed by atoms with Crippen LogP contribution >= 0.6 is 0 Å². The van der Waals surface area contributed by atoms with Crippen molar-refractivity contribution in [3.8, 4) is 5.75 Å². The zero-order valence-corrected chi connectivity index (χ0v) is 11.8. The Labute approximate surface area is 112 Å². The summed E-state index contributed by atoms with van der Waals surface area (Å²) < 4.78 is 11.4. The van der Waals surface area contributed by atoms with E-state index in [1.54, 1.807) is 6.07 Å². The summed E-state index contributed by atoms with van der Waals surface area (Å²) in [6.45, 7) is 8.08. The molecule has 100 valence electrons. The SMILES string of the molecule is Cc1cc(=O)oc2c(C)c3c(cc12)CCC(C)(C)O3. The molecule has 0 amide bonds. The quantitative estimate of drug-likeness (QED) is 0.679. The molecule has 0 aliphatic carbocycles. The Balaban J connectivity index is 2.35. The molecule has 0 spiro atoms. The fraction of sp³-hybridized carbons (Fsp3) is 0.438. The topological polar surface area (TPSA) is 39.4 Å². The van der Waals surface area contributed by atoms with Crippen molar-refractivity contribution in [1.82, 2.24) is 0 Å². The molecule has 0 fully saturated rings. The second-order valence-electron chi connectivity index (χ2n) is 5.98. The van der Waals surface area contributed by atoms with Gasteiger partial charge in [-0.05, 0) is 57.7 Å². The van der Waals surface area contributed by atoms with Crippen LogP contribution in [-0.2, 0) is 6.42 Å². The van der Waals surface area contributed by atoms with Gasteiger partial charge in [-0.15, -0.1) is 0 Å². The van der Waals surface area contributed by atoms with Crippen molar-refractivity contribution in [2.45, 2.75) is 46.1 Å². The molecule has 0 saturated heterocycles. The molecule has 0 radical (unpaired) electrons. The molecule has 0 atom stereocenters. The first-order chi connectivity index (χ1) is 8.87. The summed E-state index contributed by atoms with van der Waals surface area (Å²) >= 11 is 0. The number of ether oxygens (including phenoxy) is 1. The summed E-state index contributed by atoms with van der Waals surface area (Å²) in [4.78, 5) is 11.5. The molecule has 3 rings (SSSR count). The van der Waals surface area contributed by atoms with Crippen LogP contribution in [0.15, 0.2) is 21.3 Å². The largest absolute Gasteiger partial charge is 0.487 e. The molecule has 2 aromatic rings. The van der Waals surface area contributed by atoms with Crippen molar-refractivity contribution in [2.75, 3.05) is 0 Å². The van der Waals surface area contributed by atoms with Crippen LogP contribution in [0.4, 0.5) is 0 Å². The average molecular weight is 258 g/mol. The molecule has 19 heavy (non-hydrogen) atoms. The second-order valence-corrected chi connectivity index (χ2v) is 5.98. The first-order valence-electron chi connectivity index (χ1n) is 6.63. The van der Waals surface area contributed by atoms with Gasteiger partial charge < -0.3 is 9.15 Å². The van der Waals surface area contributed by atoms with E-state index < -0.39 is 0 Å². The summed E-state index contributed by atoms with van der Waals surface area (Å²) in [5, 5.41) is 1.01. The lowest BCUT2D eigenvalue weighted by molar-refractivity contribution is 0.0838. The fourth-order valence-corrected chi connectivity index (χ4v) is 2.75. The number of fused-ring (bicyclic) bond motifs is 2. The summed E-state index contributed by atoms with van der Waals surface area (Å²) in [6, 6.07) is 3.65. The normalized spacial score (nSPS) is 17.1. The van der Waals surface area contributed by atoms with Gasteiger partial charge in [-0.2, -0.15) is 0 Å². The Morgan fingerprint density at radius 1 is 1.21 bits per heavy atom. The number of rotatable bonds is 0. The second kappa shape index (κ2) is 3.86. The van der Waals surface area contributed by atoms with E-state index in [0.29, 0.717) is 5.58 Å². The van der Waals surface area contributed by atoms with Crippen molar-refractivity contribution in [3.05, 3.63) is 39.2 Å². The van der Waals surface area contributed by atoms with E-state index in [9.17, 15) is 4.79 Å². The minimum absolute atomic E-state index is 0.157. The van der Waals surface area contributed by atoms with Crippen LogP contribution in [0, 0.1) is 13.8 Å². The van der Waals surface area contributed by atoms with Gasteiger partial charge in [0.2, 0.25) is 0 Å². The van der Waals surface area contributed by atoms with Gasteiger partial charge in [0.05, 0.1) is 0 Å². The van der Waals surface area contributed by atoms with Crippen LogP contribution in [0.5, 0.6) is 5.75 Å². The highest BCUT2D eigenvalue weighted by atomic mass is 16.5. The Morgan fingerprint density at radius 2 is 1.95 bits per heavy atom. The van der Waals surface area contributed by atoms with E-state index in [2.05, 4.69) is 19.9 Å². The van der Waals surface area contributed by atoms with Gasteiger partial charge in [-0.1, -0.05) is 0 Å². The molecular weight excluding hydrogens is 240 g/mol. The molecule has 1 aromatic heterocycles. The Hall–Kier alpha value is -1.77. The Kier molecular flexibility index (Phi) is 2.49. The van der Waals surface area contributed by atoms with Gasteiger partial charge in [0, 0.05) is 17.0 Å². The van der Waals surface area contributed by atoms with E-state index in [0.717, 1.165) is 35.1 Å². The predicted octanol–water partition coefficient (Wildman–Crippen LogP) is 3.51. The third kappa shape index (κ3) is 1.93. The molecule has 1 aliphatic rings. The van der Waals surface area contributed by atoms with Crippen LogP contribution < -0.4 is 10.4 Å². The summed E-state index contributed by atoms with van der Waals surface area (Å²) in [5.41, 5.74) is 3.30. The average Bonchev–Trinajstić information content (AvgIpc) is 2.31. The van der Waals surface area contributed by atoms with Gasteiger partial charge >= 0.3 is 5.63 Å². The van der Waals surface area contributed by atoms with Crippen molar-refractivity contribution < 1.29 is 9.15 Å². The number of hydrogen-bond acceptors (Lipinski definition) is 3. The van der Waals surface area contributed by atoms with Gasteiger partial charge in [0.15, 0.2) is 0 Å². The van der Waals surface area contributed by atoms with Gasteiger partial charge in [-0.3, -0.25) is 0 Å². The molecule has 0 unspecified atom stereocenters. The van der Waals surface area contributed by atoms with E-state index in [4.69, 9.17) is 9.15 Å². The van der Waals surface area contributed by atoms with Gasteiger partial charge in [0.25, 0.3) is 0 Å². The van der Waals surface area contributed by atoms with E-state index in [1.807, 2.05) is 13.8 Å². The third-order valence-electron chi connectivity index (χ3n) is 3.87. The zero-order chi connectivity index (χ0) is 13.8. The Morgan fingerprint density at radius 3 is 2.68 bits per heavy atom. The van der Waals surface area contributed by atoms with E-state index in [1.165, 1.54) is 5.56 Å². The molecule has 1 aliphatic heterocycles. The number of benzene rings is 1. The lowest BCUT2D eigenvalue weighted by Gasteiger charge is -2.33. The van der Waals surface area contributed by atoms with Crippen molar-refractivity contribution in [1.29, 1.82) is 0 Å². The molecule has 2 heterocycles. The highest BCUT2D eigenvalue weighted by Gasteiger charge is 2.29. The van der Waals surface area contributed by atoms with Crippen LogP contribution in [0.1, 0.15) is 37.0 Å². The summed E-state index contributed by atoms with van der Waals surface area (Å²) in [5.74, 6) is 0.887. The molecule has 3 nitrogen and oxygen atoms in total. The van der Waals surface area contributed by atoms with Gasteiger partial charge in [-0.25, -0.2) is 4.79 Å². The Bertz CT molecular complexity index is 723. The van der Waals surface area contributed by atoms with Crippen molar-refractivity contribution >= 4 is 11.0 Å². The van der Waals surface area contributed by atoms with Crippen LogP contribution in [0.3, 0.4) is 0 Å². The molecule has 3 heteroatoms. The highest BCUT2D eigenvalue weighted by Crippen LogP contribution is 2.39. The zero-order valence-electron chi connectivity index (χ0n) is 11.8. The lowest BCUT2D eigenvalue weighted by atomic mass is 9.91. The molecule has 0 saturated carbocycles. The standard InChI is InChI=1S/C16H18O3/c1-9-7-13(17)18-15-10(2)14-11(8-12(9)15)5-6-16(3,4)19-14/h7-8H,5-6H2,1-4H3. The number of aryl methyl sites for hydroxylation is 3. The van der Waals surface area contributed by atoms with Gasteiger partial charge in [0.1, 0.15) is 16.9 Å². The maximum absolute atomic E-state index is 11.5. The minimum Gasteiger partial charge on any atom is -0.487 e. The summed E-state index contributed by atoms with van der Waals surface area (Å²) in [7, 11) is 0. The summed E-state index contributed by atoms with van der Waals surface area (Å²) in [6.07, 6.45) is 2.00. The van der Waals surface area contributed by atoms with Crippen LogP contribution in [0.25, 0.3) is 11.0 Å². The monoisotopic (exact) mass is 258 g/mol. The molecule has 1 aromatic carbocycles. The molecule has 0 bridgehead atoms.